The molecule has 1 unspecified atom stereocenters. The zero-order valence-electron chi connectivity index (χ0n) is 17.3. The van der Waals surface area contributed by atoms with E-state index in [9.17, 15) is 4.79 Å². The lowest BCUT2D eigenvalue weighted by Gasteiger charge is -2.30. The molecular formula is C21H35N5O. The quantitative estimate of drug-likeness (QED) is 0.568. The molecule has 1 saturated heterocycles. The zero-order chi connectivity index (χ0) is 19.6. The molecule has 0 aromatic heterocycles. The van der Waals surface area contributed by atoms with E-state index in [2.05, 4.69) is 34.4 Å². The van der Waals surface area contributed by atoms with Crippen LogP contribution in [0.5, 0.6) is 0 Å². The van der Waals surface area contributed by atoms with E-state index in [0.717, 1.165) is 37.1 Å². The average Bonchev–Trinajstić information content (AvgIpc) is 2.66. The molecule has 1 amide bonds. The van der Waals surface area contributed by atoms with Crippen molar-refractivity contribution in [1.29, 1.82) is 0 Å². The van der Waals surface area contributed by atoms with Crippen molar-refractivity contribution >= 4 is 11.9 Å². The minimum atomic E-state index is 0.0205. The Labute approximate surface area is 164 Å². The Kier molecular flexibility index (Phi) is 8.58. The molecule has 1 heterocycles. The second kappa shape index (κ2) is 10.9. The molecular weight excluding hydrogens is 338 g/mol. The summed E-state index contributed by atoms with van der Waals surface area (Å²) in [7, 11) is 3.53. The monoisotopic (exact) mass is 373 g/mol. The topological polar surface area (TPSA) is 60.0 Å². The molecule has 27 heavy (non-hydrogen) atoms. The first-order chi connectivity index (χ1) is 13.0. The van der Waals surface area contributed by atoms with Crippen LogP contribution in [0.15, 0.2) is 29.3 Å². The fourth-order valence-electron chi connectivity index (χ4n) is 3.35. The highest BCUT2D eigenvalue weighted by molar-refractivity contribution is 5.93. The summed E-state index contributed by atoms with van der Waals surface area (Å²) in [6.07, 6.45) is 2.66. The lowest BCUT2D eigenvalue weighted by atomic mass is 10.0. The summed E-state index contributed by atoms with van der Waals surface area (Å²) < 4.78 is 0. The largest absolute Gasteiger partial charge is 0.357 e. The van der Waals surface area contributed by atoms with Gasteiger partial charge in [-0.2, -0.15) is 0 Å². The number of piperidine rings is 1. The van der Waals surface area contributed by atoms with Crippen molar-refractivity contribution in [2.75, 3.05) is 46.8 Å². The van der Waals surface area contributed by atoms with Gasteiger partial charge in [0.2, 0.25) is 0 Å². The van der Waals surface area contributed by atoms with Crippen LogP contribution in [0.1, 0.15) is 42.6 Å². The Morgan fingerprint density at radius 3 is 2.63 bits per heavy atom. The summed E-state index contributed by atoms with van der Waals surface area (Å²) in [5.74, 6) is 1.67. The molecule has 1 aromatic rings. The molecule has 2 rings (SSSR count). The molecule has 1 aliphatic heterocycles. The standard InChI is InChI=1S/C21H35N5O/c1-5-22-21(23-12-14-26-13-6-7-17(2)16-26)24-15-18-8-10-19(11-9-18)20(27)25(3)4/h8-11,17H,5-7,12-16H2,1-4H3,(H2,22,23,24). The number of benzene rings is 1. The van der Waals surface area contributed by atoms with Crippen LogP contribution >= 0.6 is 0 Å². The first kappa shape index (κ1) is 21.2. The van der Waals surface area contributed by atoms with Gasteiger partial charge in [0.1, 0.15) is 0 Å². The number of nitrogens with one attached hydrogen (secondary N) is 2. The number of nitrogens with zero attached hydrogens (tertiary/aromatic N) is 3. The Balaban J connectivity index is 1.84. The minimum absolute atomic E-state index is 0.0205. The number of hydrogen-bond acceptors (Lipinski definition) is 3. The molecule has 150 valence electrons. The number of hydrogen-bond donors (Lipinski definition) is 2. The lowest BCUT2D eigenvalue weighted by Crippen LogP contribution is -2.43. The Hall–Kier alpha value is -2.08. The smallest absolute Gasteiger partial charge is 0.253 e. The molecule has 0 aliphatic carbocycles. The van der Waals surface area contributed by atoms with Gasteiger partial charge in [0.15, 0.2) is 5.96 Å². The first-order valence-corrected chi connectivity index (χ1v) is 10.0. The Morgan fingerprint density at radius 2 is 2.00 bits per heavy atom. The zero-order valence-corrected chi connectivity index (χ0v) is 17.3. The van der Waals surface area contributed by atoms with Crippen LogP contribution in [-0.4, -0.2) is 68.5 Å². The normalized spacial score (nSPS) is 18.2. The predicted molar refractivity (Wildman–Crippen MR) is 112 cm³/mol. The van der Waals surface area contributed by atoms with E-state index in [1.165, 1.54) is 25.9 Å². The Bertz CT molecular complexity index is 612. The molecule has 2 N–H and O–H groups in total. The van der Waals surface area contributed by atoms with Gasteiger partial charge in [-0.3, -0.25) is 4.79 Å². The fourth-order valence-corrected chi connectivity index (χ4v) is 3.35. The minimum Gasteiger partial charge on any atom is -0.357 e. The summed E-state index contributed by atoms with van der Waals surface area (Å²) in [6, 6.07) is 7.67. The van der Waals surface area contributed by atoms with E-state index < -0.39 is 0 Å². The van der Waals surface area contributed by atoms with Crippen LogP contribution in [0, 0.1) is 5.92 Å². The molecule has 0 radical (unpaired) electrons. The fraction of sp³-hybridized carbons (Fsp3) is 0.619. The van der Waals surface area contributed by atoms with Crippen LogP contribution < -0.4 is 10.6 Å². The molecule has 0 saturated carbocycles. The maximum absolute atomic E-state index is 12.0. The Morgan fingerprint density at radius 1 is 1.26 bits per heavy atom. The van der Waals surface area contributed by atoms with Crippen LogP contribution in [-0.2, 0) is 6.54 Å². The highest BCUT2D eigenvalue weighted by atomic mass is 16.2. The summed E-state index contributed by atoms with van der Waals surface area (Å²) in [5.41, 5.74) is 1.79. The second-order valence-electron chi connectivity index (χ2n) is 7.57. The molecule has 1 fully saturated rings. The first-order valence-electron chi connectivity index (χ1n) is 10.0. The van der Waals surface area contributed by atoms with Crippen LogP contribution in [0.25, 0.3) is 0 Å². The third-order valence-electron chi connectivity index (χ3n) is 4.83. The van der Waals surface area contributed by atoms with Crippen molar-refractivity contribution in [3.8, 4) is 0 Å². The number of likely N-dealkylation sites (tertiary alicyclic amines) is 1. The van der Waals surface area contributed by atoms with E-state index >= 15 is 0 Å². The molecule has 1 atom stereocenters. The molecule has 6 nitrogen and oxygen atoms in total. The van der Waals surface area contributed by atoms with Gasteiger partial charge in [0.05, 0.1) is 6.54 Å². The molecule has 0 bridgehead atoms. The van der Waals surface area contributed by atoms with Crippen molar-refractivity contribution in [3.05, 3.63) is 35.4 Å². The number of carbonyl (C=O) groups excluding carboxylic acids is 1. The number of amides is 1. The average molecular weight is 374 g/mol. The number of rotatable bonds is 7. The number of carbonyl (C=O) groups is 1. The molecule has 0 spiro atoms. The molecule has 1 aliphatic rings. The van der Waals surface area contributed by atoms with Gasteiger partial charge in [-0.25, -0.2) is 4.99 Å². The summed E-state index contributed by atoms with van der Waals surface area (Å²) in [6.45, 7) is 10.2. The highest BCUT2D eigenvalue weighted by Crippen LogP contribution is 2.14. The predicted octanol–water partition coefficient (Wildman–Crippen LogP) is 2.18. The van der Waals surface area contributed by atoms with Gasteiger partial charge in [-0.1, -0.05) is 19.1 Å². The van der Waals surface area contributed by atoms with Gasteiger partial charge in [-0.15, -0.1) is 0 Å². The van der Waals surface area contributed by atoms with Crippen LogP contribution in [0.2, 0.25) is 0 Å². The third-order valence-corrected chi connectivity index (χ3v) is 4.83. The maximum atomic E-state index is 12.0. The van der Waals surface area contributed by atoms with Crippen molar-refractivity contribution in [3.63, 3.8) is 0 Å². The van der Waals surface area contributed by atoms with Gasteiger partial charge >= 0.3 is 0 Å². The summed E-state index contributed by atoms with van der Waals surface area (Å²) >= 11 is 0. The van der Waals surface area contributed by atoms with Gasteiger partial charge < -0.3 is 20.4 Å². The van der Waals surface area contributed by atoms with Crippen molar-refractivity contribution in [2.24, 2.45) is 10.9 Å². The maximum Gasteiger partial charge on any atom is 0.253 e. The lowest BCUT2D eigenvalue weighted by molar-refractivity contribution is 0.0827. The molecule has 1 aromatic carbocycles. The van der Waals surface area contributed by atoms with Gasteiger partial charge in [0, 0.05) is 45.8 Å². The van der Waals surface area contributed by atoms with E-state index in [-0.39, 0.29) is 5.91 Å². The van der Waals surface area contributed by atoms with Gasteiger partial charge in [0.25, 0.3) is 5.91 Å². The van der Waals surface area contributed by atoms with E-state index in [4.69, 9.17) is 0 Å². The number of guanidine groups is 1. The van der Waals surface area contributed by atoms with Crippen molar-refractivity contribution in [1.82, 2.24) is 20.4 Å². The third kappa shape index (κ3) is 7.21. The van der Waals surface area contributed by atoms with Crippen LogP contribution in [0.4, 0.5) is 0 Å². The highest BCUT2D eigenvalue weighted by Gasteiger charge is 2.15. The van der Waals surface area contributed by atoms with E-state index in [1.54, 1.807) is 19.0 Å². The van der Waals surface area contributed by atoms with Crippen LogP contribution in [0.3, 0.4) is 0 Å². The SMILES string of the molecule is CCNC(=NCc1ccc(C(=O)N(C)C)cc1)NCCN1CCCC(C)C1. The number of aliphatic imine (C=N–C) groups is 1. The second-order valence-corrected chi connectivity index (χ2v) is 7.57. The van der Waals surface area contributed by atoms with Crippen molar-refractivity contribution in [2.45, 2.75) is 33.2 Å². The summed E-state index contributed by atoms with van der Waals surface area (Å²) in [5, 5.41) is 6.74. The summed E-state index contributed by atoms with van der Waals surface area (Å²) in [4.78, 5) is 20.7. The van der Waals surface area contributed by atoms with E-state index in [0.29, 0.717) is 12.1 Å². The van der Waals surface area contributed by atoms with Gasteiger partial charge in [-0.05, 0) is 49.9 Å². The molecule has 6 heteroatoms. The van der Waals surface area contributed by atoms with Crippen molar-refractivity contribution < 1.29 is 4.79 Å². The van der Waals surface area contributed by atoms with E-state index in [1.807, 2.05) is 24.3 Å².